The second-order valence-corrected chi connectivity index (χ2v) is 6.85. The summed E-state index contributed by atoms with van der Waals surface area (Å²) in [5, 5.41) is 4.09. The number of hydrogen-bond acceptors (Lipinski definition) is 7. The van der Waals surface area contributed by atoms with Crippen LogP contribution >= 0.6 is 0 Å². The minimum Gasteiger partial charge on any atom is -0.497 e. The number of rotatable bonds is 5. The van der Waals surface area contributed by atoms with Crippen molar-refractivity contribution in [3.63, 3.8) is 0 Å². The van der Waals surface area contributed by atoms with Crippen LogP contribution in [0.25, 0.3) is 11.5 Å². The van der Waals surface area contributed by atoms with Crippen molar-refractivity contribution in [2.24, 2.45) is 0 Å². The number of nitrogens with zero attached hydrogens (tertiary/aromatic N) is 4. The molecule has 27 heavy (non-hydrogen) atoms. The van der Waals surface area contributed by atoms with E-state index >= 15 is 0 Å². The summed E-state index contributed by atoms with van der Waals surface area (Å²) in [5.41, 5.74) is 0.863. The van der Waals surface area contributed by atoms with Gasteiger partial charge in [0.15, 0.2) is 5.82 Å². The van der Waals surface area contributed by atoms with Gasteiger partial charge in [0, 0.05) is 38.3 Å². The molecule has 1 unspecified atom stereocenters. The fourth-order valence-electron chi connectivity index (χ4n) is 3.47. The molecule has 0 bridgehead atoms. The summed E-state index contributed by atoms with van der Waals surface area (Å²) in [7, 11) is 1.63. The van der Waals surface area contributed by atoms with Crippen LogP contribution < -0.4 is 4.74 Å². The van der Waals surface area contributed by atoms with Crippen molar-refractivity contribution in [2.45, 2.75) is 25.5 Å². The Morgan fingerprint density at radius 1 is 1.22 bits per heavy atom. The first-order valence-corrected chi connectivity index (χ1v) is 9.32. The molecule has 2 fully saturated rings. The number of hydrogen-bond donors (Lipinski definition) is 0. The predicted molar refractivity (Wildman–Crippen MR) is 97.1 cm³/mol. The molecular formula is C19H24N4O4. The van der Waals surface area contributed by atoms with E-state index in [0.717, 1.165) is 37.2 Å². The molecule has 144 valence electrons. The number of piperazine rings is 1. The van der Waals surface area contributed by atoms with E-state index in [1.165, 1.54) is 0 Å². The molecule has 0 aliphatic carbocycles. The third-order valence-electron chi connectivity index (χ3n) is 5.06. The Morgan fingerprint density at radius 3 is 2.67 bits per heavy atom. The standard InChI is InChI=1S/C19H24N4O4/c1-25-15-6-4-14(5-7-15)18-20-17(21-27-18)13-22-8-10-23(11-9-22)19(24)16-3-2-12-26-16/h4-7,16H,2-3,8-13H2,1H3. The lowest BCUT2D eigenvalue weighted by atomic mass is 10.2. The van der Waals surface area contributed by atoms with Gasteiger partial charge in [0.05, 0.1) is 13.7 Å². The Morgan fingerprint density at radius 2 is 2.00 bits per heavy atom. The van der Waals surface area contributed by atoms with E-state index in [2.05, 4.69) is 15.0 Å². The molecule has 8 nitrogen and oxygen atoms in total. The molecule has 8 heteroatoms. The average Bonchev–Trinajstić information content (AvgIpc) is 3.40. The number of benzene rings is 1. The molecule has 1 aromatic heterocycles. The van der Waals surface area contributed by atoms with E-state index in [1.54, 1.807) is 7.11 Å². The zero-order valence-electron chi connectivity index (χ0n) is 15.5. The van der Waals surface area contributed by atoms with Crippen molar-refractivity contribution >= 4 is 5.91 Å². The predicted octanol–water partition coefficient (Wildman–Crippen LogP) is 1.57. The molecule has 4 rings (SSSR count). The molecule has 0 spiro atoms. The van der Waals surface area contributed by atoms with Crippen LogP contribution in [0.2, 0.25) is 0 Å². The summed E-state index contributed by atoms with van der Waals surface area (Å²) in [4.78, 5) is 21.0. The van der Waals surface area contributed by atoms with E-state index in [1.807, 2.05) is 29.2 Å². The minimum absolute atomic E-state index is 0.133. The maximum Gasteiger partial charge on any atom is 0.257 e. The van der Waals surface area contributed by atoms with E-state index in [-0.39, 0.29) is 12.0 Å². The van der Waals surface area contributed by atoms with Crippen LogP contribution in [0.15, 0.2) is 28.8 Å². The van der Waals surface area contributed by atoms with E-state index in [4.69, 9.17) is 14.0 Å². The number of carbonyl (C=O) groups is 1. The Labute approximate surface area is 158 Å². The van der Waals surface area contributed by atoms with Crippen LogP contribution in [0.5, 0.6) is 5.75 Å². The Balaban J connectivity index is 1.30. The van der Waals surface area contributed by atoms with Gasteiger partial charge in [-0.2, -0.15) is 4.98 Å². The lowest BCUT2D eigenvalue weighted by Crippen LogP contribution is -2.51. The van der Waals surface area contributed by atoms with E-state index in [9.17, 15) is 4.79 Å². The highest BCUT2D eigenvalue weighted by Crippen LogP contribution is 2.21. The van der Waals surface area contributed by atoms with Gasteiger partial charge in [0.1, 0.15) is 11.9 Å². The number of ether oxygens (including phenoxy) is 2. The summed E-state index contributed by atoms with van der Waals surface area (Å²) >= 11 is 0. The molecule has 0 N–H and O–H groups in total. The number of carbonyl (C=O) groups excluding carboxylic acids is 1. The maximum absolute atomic E-state index is 12.4. The monoisotopic (exact) mass is 372 g/mol. The molecule has 1 amide bonds. The quantitative estimate of drug-likeness (QED) is 0.788. The summed E-state index contributed by atoms with van der Waals surface area (Å²) in [6.07, 6.45) is 1.58. The molecular weight excluding hydrogens is 348 g/mol. The summed E-state index contributed by atoms with van der Waals surface area (Å²) < 4.78 is 16.0. The molecule has 2 saturated heterocycles. The maximum atomic E-state index is 12.4. The average molecular weight is 372 g/mol. The van der Waals surface area contributed by atoms with Crippen molar-refractivity contribution in [1.82, 2.24) is 19.9 Å². The second kappa shape index (κ2) is 8.06. The zero-order chi connectivity index (χ0) is 18.6. The molecule has 2 aromatic rings. The van der Waals surface area contributed by atoms with Crippen LogP contribution in [-0.4, -0.2) is 71.8 Å². The summed E-state index contributed by atoms with van der Waals surface area (Å²) in [6, 6.07) is 7.52. The zero-order valence-corrected chi connectivity index (χ0v) is 15.5. The van der Waals surface area contributed by atoms with Crippen molar-refractivity contribution in [3.05, 3.63) is 30.1 Å². The van der Waals surface area contributed by atoms with Gasteiger partial charge in [-0.15, -0.1) is 0 Å². The van der Waals surface area contributed by atoms with Crippen LogP contribution in [0.3, 0.4) is 0 Å². The number of amides is 1. The first kappa shape index (κ1) is 17.9. The van der Waals surface area contributed by atoms with Crippen molar-refractivity contribution in [1.29, 1.82) is 0 Å². The van der Waals surface area contributed by atoms with E-state index in [0.29, 0.717) is 38.0 Å². The van der Waals surface area contributed by atoms with Gasteiger partial charge in [-0.25, -0.2) is 0 Å². The molecule has 1 atom stereocenters. The minimum atomic E-state index is -0.235. The molecule has 2 aliphatic rings. The lowest BCUT2D eigenvalue weighted by Gasteiger charge is -2.35. The number of aromatic nitrogens is 2. The molecule has 3 heterocycles. The van der Waals surface area contributed by atoms with Crippen LogP contribution in [0.1, 0.15) is 18.7 Å². The fourth-order valence-corrected chi connectivity index (χ4v) is 3.47. The first-order valence-electron chi connectivity index (χ1n) is 9.32. The number of methoxy groups -OCH3 is 1. The largest absolute Gasteiger partial charge is 0.497 e. The topological polar surface area (TPSA) is 80.9 Å². The Bertz CT molecular complexity index is 762. The SMILES string of the molecule is COc1ccc(-c2nc(CN3CCN(C(=O)C4CCCO4)CC3)no2)cc1. The van der Waals surface area contributed by atoms with Gasteiger partial charge in [-0.3, -0.25) is 9.69 Å². The van der Waals surface area contributed by atoms with Crippen molar-refractivity contribution < 1.29 is 18.8 Å². The first-order chi connectivity index (χ1) is 13.2. The molecule has 1 aromatic carbocycles. The third kappa shape index (κ3) is 4.12. The summed E-state index contributed by atoms with van der Waals surface area (Å²) in [6.45, 7) is 4.33. The normalized spacial score (nSPS) is 20.8. The van der Waals surface area contributed by atoms with Crippen LogP contribution in [0.4, 0.5) is 0 Å². The van der Waals surface area contributed by atoms with Crippen molar-refractivity contribution in [3.8, 4) is 17.2 Å². The van der Waals surface area contributed by atoms with Gasteiger partial charge < -0.3 is 18.9 Å². The fraction of sp³-hybridized carbons (Fsp3) is 0.526. The third-order valence-corrected chi connectivity index (χ3v) is 5.06. The molecule has 0 radical (unpaired) electrons. The highest BCUT2D eigenvalue weighted by molar-refractivity contribution is 5.81. The second-order valence-electron chi connectivity index (χ2n) is 6.85. The van der Waals surface area contributed by atoms with Gasteiger partial charge in [0.2, 0.25) is 0 Å². The van der Waals surface area contributed by atoms with Crippen LogP contribution in [-0.2, 0) is 16.1 Å². The van der Waals surface area contributed by atoms with Gasteiger partial charge in [-0.1, -0.05) is 5.16 Å². The van der Waals surface area contributed by atoms with Crippen LogP contribution in [0, 0.1) is 0 Å². The van der Waals surface area contributed by atoms with E-state index < -0.39 is 0 Å². The van der Waals surface area contributed by atoms with Gasteiger partial charge in [-0.05, 0) is 37.1 Å². The smallest absolute Gasteiger partial charge is 0.257 e. The molecule has 2 aliphatic heterocycles. The highest BCUT2D eigenvalue weighted by Gasteiger charge is 2.30. The Kier molecular flexibility index (Phi) is 5.35. The highest BCUT2D eigenvalue weighted by atomic mass is 16.5. The van der Waals surface area contributed by atoms with Crippen molar-refractivity contribution in [2.75, 3.05) is 39.9 Å². The van der Waals surface area contributed by atoms with Gasteiger partial charge >= 0.3 is 0 Å². The Hall–Kier alpha value is -2.45. The molecule has 0 saturated carbocycles. The summed E-state index contributed by atoms with van der Waals surface area (Å²) in [5.74, 6) is 2.07. The van der Waals surface area contributed by atoms with Gasteiger partial charge in [0.25, 0.3) is 11.8 Å². The lowest BCUT2D eigenvalue weighted by molar-refractivity contribution is -0.142.